The van der Waals surface area contributed by atoms with E-state index in [2.05, 4.69) is 44.2 Å². The first kappa shape index (κ1) is 28.7. The van der Waals surface area contributed by atoms with Crippen molar-refractivity contribution in [3.63, 3.8) is 0 Å². The van der Waals surface area contributed by atoms with Crippen LogP contribution >= 0.6 is 30.8 Å². The van der Waals surface area contributed by atoms with Gasteiger partial charge in [0.2, 0.25) is 0 Å². The summed E-state index contributed by atoms with van der Waals surface area (Å²) in [4.78, 5) is 17.9. The summed E-state index contributed by atoms with van der Waals surface area (Å²) in [5.74, 6) is 0.413. The van der Waals surface area contributed by atoms with Crippen molar-refractivity contribution in [2.24, 2.45) is 5.92 Å². The molecule has 0 radical (unpaired) electrons. The van der Waals surface area contributed by atoms with Gasteiger partial charge in [0.15, 0.2) is 21.8 Å². The lowest BCUT2D eigenvalue weighted by molar-refractivity contribution is 0.225. The number of hydrogen-bond acceptors (Lipinski definition) is 11. The van der Waals surface area contributed by atoms with Gasteiger partial charge in [0.05, 0.1) is 36.8 Å². The van der Waals surface area contributed by atoms with Gasteiger partial charge >= 0.3 is 7.75 Å². The van der Waals surface area contributed by atoms with Crippen molar-refractivity contribution in [2.75, 3.05) is 30.2 Å². The van der Waals surface area contributed by atoms with E-state index in [0.717, 1.165) is 0 Å². The van der Waals surface area contributed by atoms with Crippen molar-refractivity contribution in [3.05, 3.63) is 29.8 Å². The Bertz CT molecular complexity index is 1190. The second kappa shape index (κ2) is 13.1. The summed E-state index contributed by atoms with van der Waals surface area (Å²) in [7, 11) is -3.61. The fraction of sp³-hybridized carbons (Fsp3) is 0.545. The fourth-order valence-corrected chi connectivity index (χ4v) is 6.69. The smallest absolute Gasteiger partial charge is 0.394 e. The minimum absolute atomic E-state index is 0.0878. The van der Waals surface area contributed by atoms with E-state index in [1.54, 1.807) is 13.8 Å². The lowest BCUT2D eigenvalue weighted by Gasteiger charge is -2.19. The van der Waals surface area contributed by atoms with Gasteiger partial charge in [-0.05, 0) is 45.2 Å². The number of halogens is 1. The van der Waals surface area contributed by atoms with E-state index in [-0.39, 0.29) is 31.1 Å². The van der Waals surface area contributed by atoms with Crippen molar-refractivity contribution in [1.82, 2.24) is 19.9 Å². The third-order valence-electron chi connectivity index (χ3n) is 4.84. The number of nitrogens with one attached hydrogen (secondary N) is 2. The molecule has 0 amide bonds. The van der Waals surface area contributed by atoms with Gasteiger partial charge in [-0.1, -0.05) is 36.9 Å². The standard InChI is InChI=1S/C22H32FN6O4PS2/c1-6-32-34(31,33-7-2)29-22-28-20-18(36-22)19(25-15(12-30)11-13(3)4)26-21(27-20)35-14(5)17-16(23)9-8-10-24-17/h8-10,13-15,30H,6-7,11-12H2,1-5H3,(H2,25,26,27,28,29,31)/t14?,15-/m1/s1. The summed E-state index contributed by atoms with van der Waals surface area (Å²) in [6.45, 7) is 9.69. The zero-order valence-electron chi connectivity index (χ0n) is 20.9. The van der Waals surface area contributed by atoms with Gasteiger partial charge in [-0.15, -0.1) is 0 Å². The quantitative estimate of drug-likeness (QED) is 0.124. The molecular weight excluding hydrogens is 526 g/mol. The van der Waals surface area contributed by atoms with E-state index in [0.29, 0.717) is 44.5 Å². The van der Waals surface area contributed by atoms with Crippen molar-refractivity contribution in [3.8, 4) is 0 Å². The van der Waals surface area contributed by atoms with Crippen LogP contribution in [0.1, 0.15) is 52.0 Å². The molecule has 0 bridgehead atoms. The molecule has 0 saturated heterocycles. The van der Waals surface area contributed by atoms with Crippen molar-refractivity contribution < 1.29 is 23.1 Å². The minimum Gasteiger partial charge on any atom is -0.394 e. The maximum Gasteiger partial charge on any atom is 0.434 e. The predicted octanol–water partition coefficient (Wildman–Crippen LogP) is 5.89. The predicted molar refractivity (Wildman–Crippen MR) is 142 cm³/mol. The van der Waals surface area contributed by atoms with Crippen LogP contribution in [0.15, 0.2) is 23.5 Å². The molecule has 2 atom stereocenters. The number of rotatable bonds is 14. The molecule has 14 heteroatoms. The fourth-order valence-electron chi connectivity index (χ4n) is 3.41. The van der Waals surface area contributed by atoms with Crippen LogP contribution in [0, 0.1) is 11.7 Å². The number of fused-ring (bicyclic) bond motifs is 1. The Kier molecular flexibility index (Phi) is 10.4. The molecule has 0 fully saturated rings. The number of nitrogens with zero attached hydrogens (tertiary/aromatic N) is 4. The highest BCUT2D eigenvalue weighted by Crippen LogP contribution is 2.49. The Balaban J connectivity index is 2.00. The third kappa shape index (κ3) is 7.56. The molecule has 3 rings (SSSR count). The third-order valence-corrected chi connectivity index (χ3v) is 8.61. The molecule has 36 heavy (non-hydrogen) atoms. The summed E-state index contributed by atoms with van der Waals surface area (Å²) >= 11 is 2.44. The Hall–Kier alpha value is -1.89. The van der Waals surface area contributed by atoms with Gasteiger partial charge in [-0.25, -0.2) is 18.9 Å². The molecule has 10 nitrogen and oxygen atoms in total. The van der Waals surface area contributed by atoms with E-state index in [1.807, 2.05) is 6.92 Å². The van der Waals surface area contributed by atoms with E-state index in [9.17, 15) is 14.1 Å². The first-order chi connectivity index (χ1) is 17.2. The molecule has 0 aliphatic carbocycles. The second-order valence-corrected chi connectivity index (χ2v) is 12.3. The van der Waals surface area contributed by atoms with E-state index < -0.39 is 13.6 Å². The molecule has 3 aromatic rings. The number of aromatic nitrogens is 4. The van der Waals surface area contributed by atoms with Crippen LogP contribution in [0.5, 0.6) is 0 Å². The van der Waals surface area contributed by atoms with Crippen LogP contribution in [0.25, 0.3) is 10.3 Å². The van der Waals surface area contributed by atoms with Gasteiger partial charge in [0, 0.05) is 6.20 Å². The molecular formula is C22H32FN6O4PS2. The lowest BCUT2D eigenvalue weighted by atomic mass is 10.0. The number of thiazole rings is 1. The lowest BCUT2D eigenvalue weighted by Crippen LogP contribution is -2.26. The van der Waals surface area contributed by atoms with Gasteiger partial charge in [0.1, 0.15) is 10.5 Å². The molecule has 3 heterocycles. The summed E-state index contributed by atoms with van der Waals surface area (Å²) in [5, 5.41) is 16.3. The molecule has 3 N–H and O–H groups in total. The van der Waals surface area contributed by atoms with Crippen LogP contribution in [0.3, 0.4) is 0 Å². The Labute approximate surface area is 218 Å². The van der Waals surface area contributed by atoms with Gasteiger partial charge in [0.25, 0.3) is 0 Å². The molecule has 0 spiro atoms. The maximum atomic E-state index is 14.3. The van der Waals surface area contributed by atoms with E-state index in [1.165, 1.54) is 41.4 Å². The Morgan fingerprint density at radius 2 is 1.92 bits per heavy atom. The monoisotopic (exact) mass is 558 g/mol. The number of aliphatic hydroxyl groups excluding tert-OH is 1. The molecule has 0 aliphatic heterocycles. The highest BCUT2D eigenvalue weighted by molar-refractivity contribution is 7.99. The van der Waals surface area contributed by atoms with E-state index >= 15 is 0 Å². The van der Waals surface area contributed by atoms with Gasteiger partial charge < -0.3 is 10.4 Å². The summed E-state index contributed by atoms with van der Waals surface area (Å²) in [6, 6.07) is 2.65. The van der Waals surface area contributed by atoms with Crippen LogP contribution < -0.4 is 10.4 Å². The van der Waals surface area contributed by atoms with Crippen LogP contribution in [-0.2, 0) is 13.6 Å². The molecule has 198 valence electrons. The Morgan fingerprint density at radius 1 is 1.19 bits per heavy atom. The highest BCUT2D eigenvalue weighted by atomic mass is 32.2. The van der Waals surface area contributed by atoms with Crippen LogP contribution in [0.4, 0.5) is 15.3 Å². The average molecular weight is 559 g/mol. The molecule has 1 unspecified atom stereocenters. The number of pyridine rings is 1. The van der Waals surface area contributed by atoms with Crippen LogP contribution in [-0.4, -0.2) is 50.9 Å². The zero-order valence-corrected chi connectivity index (χ0v) is 23.4. The van der Waals surface area contributed by atoms with Crippen LogP contribution in [0.2, 0.25) is 0 Å². The summed E-state index contributed by atoms with van der Waals surface area (Å²) in [5.41, 5.74) is 0.653. The van der Waals surface area contributed by atoms with Crippen molar-refractivity contribution in [2.45, 2.75) is 57.5 Å². The van der Waals surface area contributed by atoms with Gasteiger partial charge in [-0.2, -0.15) is 4.98 Å². The molecule has 0 saturated carbocycles. The molecule has 0 aliphatic rings. The zero-order chi connectivity index (χ0) is 26.3. The minimum atomic E-state index is -3.61. The number of hydrogen-bond donors (Lipinski definition) is 3. The maximum absolute atomic E-state index is 14.3. The largest absolute Gasteiger partial charge is 0.434 e. The van der Waals surface area contributed by atoms with E-state index in [4.69, 9.17) is 9.05 Å². The first-order valence-corrected chi connectivity index (χ1v) is 14.9. The normalized spacial score (nSPS) is 13.8. The average Bonchev–Trinajstić information content (AvgIpc) is 3.20. The van der Waals surface area contributed by atoms with Gasteiger partial charge in [-0.3, -0.25) is 19.1 Å². The SMILES string of the molecule is CCOP(=O)(Nc1nc2nc(SC(C)c3ncccc3F)nc(N[C@@H](CO)CC(C)C)c2s1)OCC. The first-order valence-electron chi connectivity index (χ1n) is 11.7. The number of aliphatic hydroxyl groups is 1. The molecule has 0 aromatic carbocycles. The van der Waals surface area contributed by atoms with Crippen molar-refractivity contribution >= 4 is 52.1 Å². The number of thioether (sulfide) groups is 1. The Morgan fingerprint density at radius 3 is 2.53 bits per heavy atom. The topological polar surface area (TPSA) is 131 Å². The second-order valence-electron chi connectivity index (χ2n) is 8.26. The molecule has 3 aromatic heterocycles. The number of anilines is 2. The summed E-state index contributed by atoms with van der Waals surface area (Å²) in [6.07, 6.45) is 2.26. The summed E-state index contributed by atoms with van der Waals surface area (Å²) < 4.78 is 38.5. The highest BCUT2D eigenvalue weighted by Gasteiger charge is 2.27. The van der Waals surface area contributed by atoms with Crippen molar-refractivity contribution in [1.29, 1.82) is 0 Å².